The van der Waals surface area contributed by atoms with Gasteiger partial charge in [0.05, 0.1) is 0 Å². The molecule has 0 radical (unpaired) electrons. The second-order valence-electron chi connectivity index (χ2n) is 3.46. The van der Waals surface area contributed by atoms with E-state index in [1.54, 1.807) is 11.0 Å². The Morgan fingerprint density at radius 1 is 1.53 bits per heavy atom. The zero-order chi connectivity index (χ0) is 11.3. The maximum absolute atomic E-state index is 11.6. The highest BCUT2D eigenvalue weighted by Crippen LogP contribution is 2.26. The lowest BCUT2D eigenvalue weighted by molar-refractivity contribution is -0.119. The fraction of sp³-hybridized carbons (Fsp3) is 0.600. The molecule has 1 fully saturated rings. The normalized spacial score (nSPS) is 14.5. The summed E-state index contributed by atoms with van der Waals surface area (Å²) in [4.78, 5) is 24.4. The molecular weight excluding hydrogens is 216 g/mol. The van der Waals surface area contributed by atoms with Gasteiger partial charge in [-0.05, 0) is 12.8 Å². The Labute approximate surface area is 94.3 Å². The summed E-state index contributed by atoms with van der Waals surface area (Å²) >= 11 is 5.39. The first-order chi connectivity index (χ1) is 7.19. The lowest BCUT2D eigenvalue weighted by atomic mass is 10.4. The highest BCUT2D eigenvalue weighted by Gasteiger charge is 2.32. The molecule has 1 aliphatic carbocycles. The molecule has 15 heavy (non-hydrogen) atoms. The molecule has 0 atom stereocenters. The van der Waals surface area contributed by atoms with Crippen molar-refractivity contribution >= 4 is 23.5 Å². The van der Waals surface area contributed by atoms with E-state index >= 15 is 0 Å². The Balaban J connectivity index is 2.41. The van der Waals surface area contributed by atoms with Gasteiger partial charge in [-0.25, -0.2) is 4.79 Å². The molecule has 3 amide bonds. The Morgan fingerprint density at radius 3 is 2.67 bits per heavy atom. The first-order valence-electron chi connectivity index (χ1n) is 4.96. The third kappa shape index (κ3) is 3.91. The Bertz CT molecular complexity index is 264. The van der Waals surface area contributed by atoms with Gasteiger partial charge >= 0.3 is 6.03 Å². The highest BCUT2D eigenvalue weighted by atomic mass is 35.5. The van der Waals surface area contributed by atoms with Gasteiger partial charge < -0.3 is 4.90 Å². The van der Waals surface area contributed by atoms with Crippen molar-refractivity contribution in [2.45, 2.75) is 25.3 Å². The van der Waals surface area contributed by atoms with Gasteiger partial charge in [-0.3, -0.25) is 10.1 Å². The van der Waals surface area contributed by atoms with E-state index in [9.17, 15) is 9.59 Å². The molecule has 0 heterocycles. The van der Waals surface area contributed by atoms with Crippen LogP contribution in [0, 0.1) is 0 Å². The molecule has 0 unspecified atom stereocenters. The number of urea groups is 1. The Hall–Kier alpha value is -1.03. The Kier molecular flexibility index (Phi) is 4.62. The van der Waals surface area contributed by atoms with E-state index in [1.807, 2.05) is 0 Å². The van der Waals surface area contributed by atoms with Gasteiger partial charge in [-0.15, -0.1) is 18.2 Å². The summed E-state index contributed by atoms with van der Waals surface area (Å²) in [6.07, 6.45) is 3.83. The number of carbonyl (C=O) groups is 2. The lowest BCUT2D eigenvalue weighted by Crippen LogP contribution is -2.44. The van der Waals surface area contributed by atoms with Crippen molar-refractivity contribution in [3.05, 3.63) is 12.7 Å². The molecule has 1 saturated carbocycles. The van der Waals surface area contributed by atoms with Gasteiger partial charge in [0.25, 0.3) is 0 Å². The van der Waals surface area contributed by atoms with E-state index in [0.29, 0.717) is 6.54 Å². The molecule has 4 nitrogen and oxygen atoms in total. The third-order valence-electron chi connectivity index (χ3n) is 2.14. The van der Waals surface area contributed by atoms with Crippen LogP contribution in [-0.2, 0) is 4.79 Å². The summed E-state index contributed by atoms with van der Waals surface area (Å²) in [5.41, 5.74) is 0. The van der Waals surface area contributed by atoms with Gasteiger partial charge in [-0.1, -0.05) is 6.08 Å². The second kappa shape index (κ2) is 5.75. The maximum atomic E-state index is 11.6. The summed E-state index contributed by atoms with van der Waals surface area (Å²) in [5.74, 6) is -0.103. The van der Waals surface area contributed by atoms with Crippen LogP contribution in [0.4, 0.5) is 4.79 Å². The minimum Gasteiger partial charge on any atom is -0.318 e. The first kappa shape index (κ1) is 12.0. The third-order valence-corrected chi connectivity index (χ3v) is 2.33. The quantitative estimate of drug-likeness (QED) is 0.575. The van der Waals surface area contributed by atoms with Crippen molar-refractivity contribution in [2.75, 3.05) is 12.4 Å². The average Bonchev–Trinajstić information content (AvgIpc) is 2.97. The first-order valence-corrected chi connectivity index (χ1v) is 5.49. The topological polar surface area (TPSA) is 49.4 Å². The maximum Gasteiger partial charge on any atom is 0.324 e. The van der Waals surface area contributed by atoms with E-state index in [1.165, 1.54) is 0 Å². The van der Waals surface area contributed by atoms with Gasteiger partial charge in [0.1, 0.15) is 0 Å². The number of nitrogens with zero attached hydrogens (tertiary/aromatic N) is 1. The Morgan fingerprint density at radius 2 is 2.20 bits per heavy atom. The van der Waals surface area contributed by atoms with Crippen molar-refractivity contribution in [2.24, 2.45) is 0 Å². The van der Waals surface area contributed by atoms with Crippen LogP contribution in [0.5, 0.6) is 0 Å². The highest BCUT2D eigenvalue weighted by molar-refractivity contribution is 6.19. The minimum atomic E-state index is -0.340. The van der Waals surface area contributed by atoms with E-state index in [4.69, 9.17) is 11.6 Å². The van der Waals surface area contributed by atoms with Crippen LogP contribution < -0.4 is 5.32 Å². The lowest BCUT2D eigenvalue weighted by Gasteiger charge is -2.20. The molecule has 5 heteroatoms. The molecule has 1 rings (SSSR count). The number of alkyl halides is 1. The van der Waals surface area contributed by atoms with Gasteiger partial charge in [0.15, 0.2) is 0 Å². The predicted octanol–water partition coefficient (Wildman–Crippen LogP) is 1.50. The number of carbonyl (C=O) groups excluding carboxylic acids is 2. The van der Waals surface area contributed by atoms with Crippen molar-refractivity contribution in [3.63, 3.8) is 0 Å². The standard InChI is InChI=1S/C10H15ClN2O2/c1-2-7-13(8-3-4-8)10(15)12-9(14)5-6-11/h2,8H,1,3-7H2,(H,12,14,15). The molecule has 1 N–H and O–H groups in total. The summed E-state index contributed by atoms with van der Waals surface area (Å²) in [6, 6.07) is -0.0701. The van der Waals surface area contributed by atoms with Crippen molar-refractivity contribution in [1.29, 1.82) is 0 Å². The van der Waals surface area contributed by atoms with Crippen LogP contribution in [0.2, 0.25) is 0 Å². The smallest absolute Gasteiger partial charge is 0.318 e. The van der Waals surface area contributed by atoms with Crippen LogP contribution in [0.3, 0.4) is 0 Å². The largest absolute Gasteiger partial charge is 0.324 e. The van der Waals surface area contributed by atoms with Crippen LogP contribution in [0.1, 0.15) is 19.3 Å². The summed E-state index contributed by atoms with van der Waals surface area (Å²) in [6.45, 7) is 4.06. The molecule has 0 bridgehead atoms. The molecule has 84 valence electrons. The van der Waals surface area contributed by atoms with Gasteiger partial charge in [0.2, 0.25) is 5.91 Å². The van der Waals surface area contributed by atoms with Crippen molar-refractivity contribution in [3.8, 4) is 0 Å². The van der Waals surface area contributed by atoms with E-state index in [2.05, 4.69) is 11.9 Å². The zero-order valence-electron chi connectivity index (χ0n) is 8.54. The number of hydrogen-bond acceptors (Lipinski definition) is 2. The van der Waals surface area contributed by atoms with Crippen molar-refractivity contribution in [1.82, 2.24) is 10.2 Å². The summed E-state index contributed by atoms with van der Waals surface area (Å²) < 4.78 is 0. The SMILES string of the molecule is C=CCN(C(=O)NC(=O)CCCl)C1CC1. The molecule has 0 aliphatic heterocycles. The number of hydrogen-bond donors (Lipinski definition) is 1. The predicted molar refractivity (Wildman–Crippen MR) is 58.8 cm³/mol. The van der Waals surface area contributed by atoms with E-state index in [-0.39, 0.29) is 30.3 Å². The van der Waals surface area contributed by atoms with Crippen LogP contribution in [-0.4, -0.2) is 35.3 Å². The molecule has 0 saturated heterocycles. The molecule has 0 spiro atoms. The fourth-order valence-corrected chi connectivity index (χ4v) is 1.43. The zero-order valence-corrected chi connectivity index (χ0v) is 9.29. The number of rotatable bonds is 5. The monoisotopic (exact) mass is 230 g/mol. The average molecular weight is 231 g/mol. The summed E-state index contributed by atoms with van der Waals surface area (Å²) in [5, 5.41) is 2.30. The van der Waals surface area contributed by atoms with Crippen LogP contribution in [0.25, 0.3) is 0 Å². The van der Waals surface area contributed by atoms with Crippen molar-refractivity contribution < 1.29 is 9.59 Å². The number of halogens is 1. The number of nitrogens with one attached hydrogen (secondary N) is 1. The molecule has 0 aromatic heterocycles. The van der Waals surface area contributed by atoms with Crippen LogP contribution >= 0.6 is 11.6 Å². The molecular formula is C10H15ClN2O2. The second-order valence-corrected chi connectivity index (χ2v) is 3.84. The number of amides is 3. The molecule has 0 aromatic rings. The van der Waals surface area contributed by atoms with Gasteiger partial charge in [0, 0.05) is 24.9 Å². The fourth-order valence-electron chi connectivity index (χ4n) is 1.26. The van der Waals surface area contributed by atoms with E-state index in [0.717, 1.165) is 12.8 Å². The van der Waals surface area contributed by atoms with E-state index < -0.39 is 0 Å². The summed E-state index contributed by atoms with van der Waals surface area (Å²) in [7, 11) is 0. The molecule has 1 aliphatic rings. The van der Waals surface area contributed by atoms with Gasteiger partial charge in [-0.2, -0.15) is 0 Å². The van der Waals surface area contributed by atoms with Crippen LogP contribution in [0.15, 0.2) is 12.7 Å². The minimum absolute atomic E-state index is 0.167. The molecule has 0 aromatic carbocycles. The number of imide groups is 1.